The highest BCUT2D eigenvalue weighted by Crippen LogP contribution is 2.34. The van der Waals surface area contributed by atoms with E-state index in [2.05, 4.69) is 13.8 Å². The van der Waals surface area contributed by atoms with Crippen LogP contribution in [0.5, 0.6) is 17.2 Å². The number of unbranched alkanes of at least 4 members (excludes halogenated alkanes) is 11. The Labute approximate surface area is 267 Å². The van der Waals surface area contributed by atoms with Gasteiger partial charge in [0, 0.05) is 0 Å². The van der Waals surface area contributed by atoms with Gasteiger partial charge < -0.3 is 14.2 Å². The molecule has 1 aliphatic carbocycles. The second-order valence-electron chi connectivity index (χ2n) is 12.9. The molecule has 1 aliphatic rings. The van der Waals surface area contributed by atoms with Gasteiger partial charge in [0.15, 0.2) is 11.6 Å². The van der Waals surface area contributed by atoms with Gasteiger partial charge in [-0.15, -0.1) is 0 Å². The van der Waals surface area contributed by atoms with Crippen molar-refractivity contribution in [2.45, 2.75) is 142 Å². The van der Waals surface area contributed by atoms with E-state index < -0.39 is 11.8 Å². The van der Waals surface area contributed by atoms with Crippen LogP contribution in [-0.2, 0) is 0 Å². The Morgan fingerprint density at radius 1 is 0.636 bits per heavy atom. The monoisotopic (exact) mass is 610 g/mol. The van der Waals surface area contributed by atoms with Crippen molar-refractivity contribution in [1.82, 2.24) is 0 Å². The number of carbonyl (C=O) groups is 1. The summed E-state index contributed by atoms with van der Waals surface area (Å²) in [4.78, 5) is 12.6. The molecule has 0 N–H and O–H groups in total. The Morgan fingerprint density at radius 3 is 1.77 bits per heavy atom. The van der Waals surface area contributed by atoms with Crippen molar-refractivity contribution in [3.63, 3.8) is 0 Å². The van der Waals surface area contributed by atoms with Gasteiger partial charge in [0.25, 0.3) is 0 Å². The molecule has 246 valence electrons. The highest BCUT2D eigenvalue weighted by atomic mass is 19.1. The lowest BCUT2D eigenvalue weighted by molar-refractivity contribution is 0.0734. The molecule has 44 heavy (non-hydrogen) atoms. The molecule has 0 aliphatic heterocycles. The van der Waals surface area contributed by atoms with E-state index in [9.17, 15) is 9.18 Å². The van der Waals surface area contributed by atoms with Crippen LogP contribution < -0.4 is 14.2 Å². The average molecular weight is 611 g/mol. The molecule has 1 saturated carbocycles. The van der Waals surface area contributed by atoms with E-state index in [0.717, 1.165) is 36.8 Å². The minimum absolute atomic E-state index is 0.157. The Kier molecular flexibility index (Phi) is 18.0. The summed E-state index contributed by atoms with van der Waals surface area (Å²) in [5.41, 5.74) is 0.157. The van der Waals surface area contributed by atoms with E-state index in [1.54, 1.807) is 18.2 Å². The van der Waals surface area contributed by atoms with E-state index >= 15 is 0 Å². The first-order valence-corrected chi connectivity index (χ1v) is 18.0. The molecule has 2 aromatic rings. The topological polar surface area (TPSA) is 44.8 Å². The first-order valence-electron chi connectivity index (χ1n) is 18.0. The first-order chi connectivity index (χ1) is 21.6. The standard InChI is InChI=1S/C39H59FO4/c1-3-5-7-8-9-10-11-12-13-15-29-43-38-28-23-34(31-37(38)40)39(41)44-36-26-24-35(25-27-36)42-30-16-18-33-21-19-32(20-22-33)17-14-6-4-2/h23-28,31-33H,3-22,29-30H2,1-2H3. The van der Waals surface area contributed by atoms with Crippen LogP contribution in [0.1, 0.15) is 153 Å². The molecule has 0 heterocycles. The largest absolute Gasteiger partial charge is 0.494 e. The third kappa shape index (κ3) is 14.5. The molecule has 0 amide bonds. The maximum absolute atomic E-state index is 14.6. The first kappa shape index (κ1) is 35.9. The molecular formula is C39H59FO4. The minimum atomic E-state index is -0.598. The number of halogens is 1. The van der Waals surface area contributed by atoms with Crippen LogP contribution in [-0.4, -0.2) is 19.2 Å². The van der Waals surface area contributed by atoms with Gasteiger partial charge in [-0.05, 0) is 73.6 Å². The average Bonchev–Trinajstić information content (AvgIpc) is 3.04. The van der Waals surface area contributed by atoms with Gasteiger partial charge in [-0.3, -0.25) is 0 Å². The summed E-state index contributed by atoms with van der Waals surface area (Å²) >= 11 is 0. The summed E-state index contributed by atoms with van der Waals surface area (Å²) in [6.07, 6.45) is 25.8. The number of benzene rings is 2. The van der Waals surface area contributed by atoms with E-state index in [-0.39, 0.29) is 11.3 Å². The zero-order chi connectivity index (χ0) is 31.2. The SMILES string of the molecule is CCCCCCCCCCCCOc1ccc(C(=O)Oc2ccc(OCCCC3CCC(CCCCC)CC3)cc2)cc1F. The van der Waals surface area contributed by atoms with Crippen LogP contribution in [0.2, 0.25) is 0 Å². The highest BCUT2D eigenvalue weighted by molar-refractivity contribution is 5.91. The number of carbonyl (C=O) groups excluding carboxylic acids is 1. The molecule has 0 unspecified atom stereocenters. The lowest BCUT2D eigenvalue weighted by atomic mass is 9.78. The lowest BCUT2D eigenvalue weighted by Gasteiger charge is -2.28. The molecule has 0 aromatic heterocycles. The quantitative estimate of drug-likeness (QED) is 0.0713. The lowest BCUT2D eigenvalue weighted by Crippen LogP contribution is -2.15. The summed E-state index contributed by atoms with van der Waals surface area (Å²) < 4.78 is 31.6. The number of esters is 1. The Bertz CT molecular complexity index is 1030. The number of hydrogen-bond acceptors (Lipinski definition) is 4. The number of rotatable bonds is 23. The van der Waals surface area contributed by atoms with Crippen LogP contribution >= 0.6 is 0 Å². The summed E-state index contributed by atoms with van der Waals surface area (Å²) in [6, 6.07) is 11.3. The van der Waals surface area contributed by atoms with Crippen molar-refractivity contribution < 1.29 is 23.4 Å². The van der Waals surface area contributed by atoms with Crippen LogP contribution in [0.25, 0.3) is 0 Å². The summed E-state index contributed by atoms with van der Waals surface area (Å²) in [7, 11) is 0. The third-order valence-corrected chi connectivity index (χ3v) is 9.17. The predicted molar refractivity (Wildman–Crippen MR) is 179 cm³/mol. The Hall–Kier alpha value is -2.56. The van der Waals surface area contributed by atoms with E-state index in [4.69, 9.17) is 14.2 Å². The third-order valence-electron chi connectivity index (χ3n) is 9.17. The Morgan fingerprint density at radius 2 is 1.16 bits per heavy atom. The predicted octanol–water partition coefficient (Wildman–Crippen LogP) is 11.9. The van der Waals surface area contributed by atoms with E-state index in [1.807, 2.05) is 12.1 Å². The van der Waals surface area contributed by atoms with Gasteiger partial charge >= 0.3 is 5.97 Å². The smallest absolute Gasteiger partial charge is 0.343 e. The van der Waals surface area contributed by atoms with E-state index in [1.165, 1.54) is 121 Å². The van der Waals surface area contributed by atoms with Crippen molar-refractivity contribution in [2.75, 3.05) is 13.2 Å². The molecule has 5 heteroatoms. The molecule has 0 radical (unpaired) electrons. The maximum atomic E-state index is 14.6. The van der Waals surface area contributed by atoms with Gasteiger partial charge in [-0.2, -0.15) is 0 Å². The fourth-order valence-corrected chi connectivity index (χ4v) is 6.34. The fraction of sp³-hybridized carbons (Fsp3) is 0.667. The summed E-state index contributed by atoms with van der Waals surface area (Å²) in [5, 5.41) is 0. The number of hydrogen-bond donors (Lipinski definition) is 0. The molecule has 1 fully saturated rings. The van der Waals surface area contributed by atoms with Gasteiger partial charge in [0.1, 0.15) is 11.5 Å². The van der Waals surface area contributed by atoms with Crippen molar-refractivity contribution in [2.24, 2.45) is 11.8 Å². The molecule has 0 spiro atoms. The van der Waals surface area contributed by atoms with Crippen LogP contribution in [0.15, 0.2) is 42.5 Å². The van der Waals surface area contributed by atoms with Gasteiger partial charge in [0.05, 0.1) is 18.8 Å². The molecule has 3 rings (SSSR count). The highest BCUT2D eigenvalue weighted by Gasteiger charge is 2.20. The zero-order valence-corrected chi connectivity index (χ0v) is 27.8. The van der Waals surface area contributed by atoms with Crippen LogP contribution in [0, 0.1) is 17.7 Å². The van der Waals surface area contributed by atoms with Crippen molar-refractivity contribution >= 4 is 5.97 Å². The van der Waals surface area contributed by atoms with E-state index in [0.29, 0.717) is 19.0 Å². The molecule has 2 aromatic carbocycles. The van der Waals surface area contributed by atoms with Crippen molar-refractivity contribution in [1.29, 1.82) is 0 Å². The second kappa shape index (κ2) is 22.0. The van der Waals surface area contributed by atoms with Crippen molar-refractivity contribution in [3.8, 4) is 17.2 Å². The summed E-state index contributed by atoms with van der Waals surface area (Å²) in [5.74, 6) is 2.00. The van der Waals surface area contributed by atoms with Gasteiger partial charge in [-0.1, -0.05) is 123 Å². The molecule has 0 atom stereocenters. The van der Waals surface area contributed by atoms with Crippen LogP contribution in [0.3, 0.4) is 0 Å². The number of ether oxygens (including phenoxy) is 3. The van der Waals surface area contributed by atoms with Gasteiger partial charge in [-0.25, -0.2) is 9.18 Å². The molecule has 0 bridgehead atoms. The minimum Gasteiger partial charge on any atom is -0.494 e. The molecule has 4 nitrogen and oxygen atoms in total. The zero-order valence-electron chi connectivity index (χ0n) is 27.8. The van der Waals surface area contributed by atoms with Gasteiger partial charge in [0.2, 0.25) is 0 Å². The maximum Gasteiger partial charge on any atom is 0.343 e. The normalized spacial score (nSPS) is 16.5. The molecule has 0 saturated heterocycles. The van der Waals surface area contributed by atoms with Crippen molar-refractivity contribution in [3.05, 3.63) is 53.8 Å². The second-order valence-corrected chi connectivity index (χ2v) is 12.9. The van der Waals surface area contributed by atoms with Crippen LogP contribution in [0.4, 0.5) is 4.39 Å². The fourth-order valence-electron chi connectivity index (χ4n) is 6.34. The molecular weight excluding hydrogens is 551 g/mol. The summed E-state index contributed by atoms with van der Waals surface area (Å²) in [6.45, 7) is 5.70. The Balaban J connectivity index is 1.26.